The lowest BCUT2D eigenvalue weighted by atomic mass is 10.2. The van der Waals surface area contributed by atoms with Crippen molar-refractivity contribution < 1.29 is 4.74 Å². The molecule has 7 heteroatoms. The Labute approximate surface area is 179 Å². The zero-order valence-corrected chi connectivity index (χ0v) is 17.4. The number of aryl methyl sites for hydroxylation is 1. The summed E-state index contributed by atoms with van der Waals surface area (Å²) < 4.78 is 10.4. The van der Waals surface area contributed by atoms with E-state index in [0.29, 0.717) is 24.3 Å². The molecule has 0 bridgehead atoms. The molecule has 2 aromatic heterocycles. The van der Waals surface area contributed by atoms with E-state index < -0.39 is 0 Å². The molecule has 0 N–H and O–H groups in total. The number of imidazole rings is 1. The van der Waals surface area contributed by atoms with E-state index in [1.165, 1.54) is 4.57 Å². The van der Waals surface area contributed by atoms with E-state index in [-0.39, 0.29) is 23.9 Å². The molecule has 4 aromatic rings. The average Bonchev–Trinajstić information content (AvgIpc) is 3.44. The number of benzene rings is 2. The maximum atomic E-state index is 13.5. The summed E-state index contributed by atoms with van der Waals surface area (Å²) in [4.78, 5) is 31.6. The van der Waals surface area contributed by atoms with Crippen LogP contribution in [0.3, 0.4) is 0 Å². The average molecular weight is 416 g/mol. The van der Waals surface area contributed by atoms with Crippen LogP contribution < -0.4 is 11.2 Å². The van der Waals surface area contributed by atoms with Gasteiger partial charge in [0, 0.05) is 13.2 Å². The molecular formula is C24H24N4O3. The second kappa shape index (κ2) is 8.00. The fourth-order valence-electron chi connectivity index (χ4n) is 4.26. The molecule has 1 aliphatic rings. The molecule has 0 aliphatic carbocycles. The first-order chi connectivity index (χ1) is 15.1. The molecule has 31 heavy (non-hydrogen) atoms. The van der Waals surface area contributed by atoms with Crippen molar-refractivity contribution in [1.82, 2.24) is 18.7 Å². The summed E-state index contributed by atoms with van der Waals surface area (Å²) in [6.45, 7) is 3.36. The highest BCUT2D eigenvalue weighted by Gasteiger charge is 2.23. The molecule has 5 rings (SSSR count). The number of para-hydroxylation sites is 1. The van der Waals surface area contributed by atoms with E-state index in [4.69, 9.17) is 4.74 Å². The van der Waals surface area contributed by atoms with Crippen LogP contribution in [-0.4, -0.2) is 31.4 Å². The highest BCUT2D eigenvalue weighted by atomic mass is 16.5. The number of hydrogen-bond acceptors (Lipinski definition) is 4. The first-order valence-electron chi connectivity index (χ1n) is 10.6. The van der Waals surface area contributed by atoms with Gasteiger partial charge in [0.25, 0.3) is 5.56 Å². The molecule has 0 radical (unpaired) electrons. The Morgan fingerprint density at radius 1 is 1.06 bits per heavy atom. The molecule has 0 saturated carbocycles. The first-order valence-corrected chi connectivity index (χ1v) is 10.6. The molecule has 1 atom stereocenters. The van der Waals surface area contributed by atoms with Crippen LogP contribution in [0.5, 0.6) is 0 Å². The van der Waals surface area contributed by atoms with Gasteiger partial charge >= 0.3 is 5.69 Å². The summed E-state index contributed by atoms with van der Waals surface area (Å²) in [6, 6.07) is 17.6. The largest absolute Gasteiger partial charge is 0.376 e. The Balaban J connectivity index is 1.75. The van der Waals surface area contributed by atoms with Gasteiger partial charge in [-0.2, -0.15) is 0 Å². The predicted octanol–water partition coefficient (Wildman–Crippen LogP) is 2.88. The minimum atomic E-state index is -0.382. The number of fused-ring (bicyclic) bond motifs is 1. The Morgan fingerprint density at radius 2 is 1.84 bits per heavy atom. The van der Waals surface area contributed by atoms with E-state index in [2.05, 4.69) is 4.98 Å². The number of hydrogen-bond donors (Lipinski definition) is 0. The standard InChI is InChI=1S/C24H24N4O3/c1-17-8-5-6-12-20(17)28-22-21(26(16-25-22)14-18-9-3-2-4-10-18)23(29)27(24(28)30)15-19-11-7-13-31-19/h2-6,8-10,12,16,19H,7,11,13-15H2,1H3/t19-/m0/s1. The van der Waals surface area contributed by atoms with E-state index in [9.17, 15) is 9.59 Å². The molecule has 0 amide bonds. The minimum absolute atomic E-state index is 0.126. The third-order valence-corrected chi connectivity index (χ3v) is 5.86. The van der Waals surface area contributed by atoms with Crippen molar-refractivity contribution in [2.45, 2.75) is 39.0 Å². The highest BCUT2D eigenvalue weighted by Crippen LogP contribution is 2.18. The zero-order valence-electron chi connectivity index (χ0n) is 17.4. The number of aromatic nitrogens is 4. The Hall–Kier alpha value is -3.45. The zero-order chi connectivity index (χ0) is 21.4. The van der Waals surface area contributed by atoms with Crippen LogP contribution in [0.2, 0.25) is 0 Å². The molecule has 158 valence electrons. The number of ether oxygens (including phenoxy) is 1. The van der Waals surface area contributed by atoms with Crippen molar-refractivity contribution in [2.75, 3.05) is 6.61 Å². The van der Waals surface area contributed by atoms with Crippen molar-refractivity contribution >= 4 is 11.2 Å². The topological polar surface area (TPSA) is 71.1 Å². The van der Waals surface area contributed by atoms with Crippen LogP contribution in [0.4, 0.5) is 0 Å². The van der Waals surface area contributed by atoms with Crippen LogP contribution in [0, 0.1) is 6.92 Å². The fraction of sp³-hybridized carbons (Fsp3) is 0.292. The smallest absolute Gasteiger partial charge is 0.337 e. The van der Waals surface area contributed by atoms with Gasteiger partial charge in [-0.15, -0.1) is 0 Å². The normalized spacial score (nSPS) is 16.2. The predicted molar refractivity (Wildman–Crippen MR) is 119 cm³/mol. The van der Waals surface area contributed by atoms with Crippen molar-refractivity contribution in [2.24, 2.45) is 0 Å². The minimum Gasteiger partial charge on any atom is -0.376 e. The fourth-order valence-corrected chi connectivity index (χ4v) is 4.26. The SMILES string of the molecule is Cc1ccccc1-n1c(=O)n(C[C@@H]2CCCO2)c(=O)c2c1ncn2Cc1ccccc1. The van der Waals surface area contributed by atoms with Crippen LogP contribution in [0.1, 0.15) is 24.0 Å². The molecule has 1 fully saturated rings. The molecular weight excluding hydrogens is 392 g/mol. The first kappa shape index (κ1) is 19.5. The summed E-state index contributed by atoms with van der Waals surface area (Å²) in [5.74, 6) is 0. The van der Waals surface area contributed by atoms with E-state index >= 15 is 0 Å². The van der Waals surface area contributed by atoms with Gasteiger partial charge in [0.05, 0.1) is 24.7 Å². The second-order valence-corrected chi connectivity index (χ2v) is 7.99. The maximum Gasteiger partial charge on any atom is 0.337 e. The van der Waals surface area contributed by atoms with Crippen LogP contribution in [0.15, 0.2) is 70.5 Å². The number of rotatable bonds is 5. The van der Waals surface area contributed by atoms with Crippen molar-refractivity contribution in [3.05, 3.63) is 92.9 Å². The molecule has 0 unspecified atom stereocenters. The van der Waals surface area contributed by atoms with Gasteiger partial charge in [-0.1, -0.05) is 48.5 Å². The van der Waals surface area contributed by atoms with Crippen molar-refractivity contribution in [1.29, 1.82) is 0 Å². The monoisotopic (exact) mass is 416 g/mol. The highest BCUT2D eigenvalue weighted by molar-refractivity contribution is 5.73. The van der Waals surface area contributed by atoms with Gasteiger partial charge in [0.2, 0.25) is 0 Å². The van der Waals surface area contributed by atoms with Crippen LogP contribution in [0.25, 0.3) is 16.9 Å². The quantitative estimate of drug-likeness (QED) is 0.502. The second-order valence-electron chi connectivity index (χ2n) is 7.99. The summed E-state index contributed by atoms with van der Waals surface area (Å²) in [5.41, 5.74) is 2.81. The Kier molecular flexibility index (Phi) is 5.03. The molecule has 3 heterocycles. The van der Waals surface area contributed by atoms with Gasteiger partial charge in [-0.25, -0.2) is 14.3 Å². The summed E-state index contributed by atoms with van der Waals surface area (Å²) in [7, 11) is 0. The third-order valence-electron chi connectivity index (χ3n) is 5.86. The van der Waals surface area contributed by atoms with Gasteiger partial charge in [-0.3, -0.25) is 9.36 Å². The van der Waals surface area contributed by atoms with Crippen LogP contribution >= 0.6 is 0 Å². The van der Waals surface area contributed by atoms with Crippen molar-refractivity contribution in [3.63, 3.8) is 0 Å². The van der Waals surface area contributed by atoms with Crippen molar-refractivity contribution in [3.8, 4) is 5.69 Å². The maximum absolute atomic E-state index is 13.5. The molecule has 1 saturated heterocycles. The lowest BCUT2D eigenvalue weighted by molar-refractivity contribution is 0.0950. The van der Waals surface area contributed by atoms with E-state index in [0.717, 1.165) is 29.7 Å². The number of nitrogens with zero attached hydrogens (tertiary/aromatic N) is 4. The van der Waals surface area contributed by atoms with E-state index in [1.807, 2.05) is 66.1 Å². The molecule has 7 nitrogen and oxygen atoms in total. The Morgan fingerprint density at radius 3 is 2.58 bits per heavy atom. The lowest BCUT2D eigenvalue weighted by Gasteiger charge is -2.16. The van der Waals surface area contributed by atoms with Gasteiger partial charge in [0.1, 0.15) is 0 Å². The molecule has 0 spiro atoms. The van der Waals surface area contributed by atoms with E-state index in [1.54, 1.807) is 10.9 Å². The molecule has 1 aliphatic heterocycles. The molecule has 2 aromatic carbocycles. The van der Waals surface area contributed by atoms with Gasteiger partial charge in [-0.05, 0) is 37.0 Å². The third kappa shape index (κ3) is 3.51. The lowest BCUT2D eigenvalue weighted by Crippen LogP contribution is -2.42. The van der Waals surface area contributed by atoms with Crippen LogP contribution in [-0.2, 0) is 17.8 Å². The Bertz CT molecular complexity index is 1350. The summed E-state index contributed by atoms with van der Waals surface area (Å²) >= 11 is 0. The summed E-state index contributed by atoms with van der Waals surface area (Å²) in [5, 5.41) is 0. The van der Waals surface area contributed by atoms with Gasteiger partial charge < -0.3 is 9.30 Å². The van der Waals surface area contributed by atoms with Gasteiger partial charge in [0.15, 0.2) is 11.2 Å². The summed E-state index contributed by atoms with van der Waals surface area (Å²) in [6.07, 6.45) is 3.31.